The van der Waals surface area contributed by atoms with Crippen LogP contribution in [0.4, 0.5) is 0 Å². The van der Waals surface area contributed by atoms with Gasteiger partial charge in [0.1, 0.15) is 0 Å². The number of piperidine rings is 1. The number of aryl methyl sites for hydroxylation is 1. The van der Waals surface area contributed by atoms with Gasteiger partial charge in [-0.3, -0.25) is 0 Å². The van der Waals surface area contributed by atoms with E-state index in [4.69, 9.17) is 4.18 Å². The Bertz CT molecular complexity index is 520. The third kappa shape index (κ3) is 4.77. The van der Waals surface area contributed by atoms with Crippen molar-refractivity contribution in [1.29, 1.82) is 0 Å². The van der Waals surface area contributed by atoms with Crippen LogP contribution in [-0.2, 0) is 14.2 Å². The molecule has 1 heterocycles. The summed E-state index contributed by atoms with van der Waals surface area (Å²) in [4.78, 5) is 1.10. The molecule has 0 aliphatic carbocycles. The topological polar surface area (TPSA) is 46.6 Å². The lowest BCUT2D eigenvalue weighted by Gasteiger charge is -2.29. The van der Waals surface area contributed by atoms with E-state index in [0.717, 1.165) is 17.7 Å². The van der Waals surface area contributed by atoms with Gasteiger partial charge >= 0.3 is 0 Å². The summed E-state index contributed by atoms with van der Waals surface area (Å²) in [5.74, 6) is 0.450. The number of rotatable bonds is 5. The minimum Gasteiger partial charge on any atom is -0.310 e. The summed E-state index contributed by atoms with van der Waals surface area (Å²) in [6, 6.07) is 8.23. The van der Waals surface area contributed by atoms with Gasteiger partial charge in [0, 0.05) is 30.0 Å². The smallest absolute Gasteiger partial charge is 0.211 e. The SMILES string of the molecule is Cc1ccc(SOCC2CCN(S(C)(=O)=O)CC2)cc1. The first-order valence-corrected chi connectivity index (χ1v) is 9.35. The van der Waals surface area contributed by atoms with Crippen molar-refractivity contribution in [3.63, 3.8) is 0 Å². The lowest BCUT2D eigenvalue weighted by atomic mass is 10.00. The first-order valence-electron chi connectivity index (χ1n) is 6.76. The highest BCUT2D eigenvalue weighted by molar-refractivity contribution is 7.94. The molecule has 1 aliphatic heterocycles. The third-order valence-corrected chi connectivity index (χ3v) is 5.54. The number of nitrogens with zero attached hydrogens (tertiary/aromatic N) is 1. The van der Waals surface area contributed by atoms with Crippen LogP contribution in [0.1, 0.15) is 18.4 Å². The Morgan fingerprint density at radius 2 is 1.85 bits per heavy atom. The Hall–Kier alpha value is -0.560. The maximum Gasteiger partial charge on any atom is 0.211 e. The Morgan fingerprint density at radius 3 is 2.40 bits per heavy atom. The van der Waals surface area contributed by atoms with Gasteiger partial charge in [-0.05, 0) is 37.8 Å². The fourth-order valence-electron chi connectivity index (χ4n) is 2.20. The fraction of sp³-hybridized carbons (Fsp3) is 0.571. The molecule has 1 aromatic rings. The quantitative estimate of drug-likeness (QED) is 0.784. The molecular weight excluding hydrogens is 294 g/mol. The van der Waals surface area contributed by atoms with Gasteiger partial charge in [-0.1, -0.05) is 17.7 Å². The molecule has 112 valence electrons. The molecule has 0 atom stereocenters. The largest absolute Gasteiger partial charge is 0.310 e. The van der Waals surface area contributed by atoms with Crippen molar-refractivity contribution < 1.29 is 12.6 Å². The molecule has 0 saturated carbocycles. The number of hydrogen-bond acceptors (Lipinski definition) is 4. The van der Waals surface area contributed by atoms with E-state index in [0.29, 0.717) is 25.6 Å². The third-order valence-electron chi connectivity index (χ3n) is 3.52. The monoisotopic (exact) mass is 315 g/mol. The van der Waals surface area contributed by atoms with Crippen LogP contribution in [0.3, 0.4) is 0 Å². The van der Waals surface area contributed by atoms with Gasteiger partial charge < -0.3 is 4.18 Å². The van der Waals surface area contributed by atoms with Crippen molar-refractivity contribution in [3.8, 4) is 0 Å². The molecule has 1 aromatic carbocycles. The van der Waals surface area contributed by atoms with E-state index in [1.54, 1.807) is 4.31 Å². The summed E-state index contributed by atoms with van der Waals surface area (Å²) in [5.41, 5.74) is 1.24. The van der Waals surface area contributed by atoms with Crippen LogP contribution in [0, 0.1) is 12.8 Å². The van der Waals surface area contributed by atoms with Crippen molar-refractivity contribution in [2.75, 3.05) is 26.0 Å². The maximum absolute atomic E-state index is 11.4. The van der Waals surface area contributed by atoms with Crippen molar-refractivity contribution >= 4 is 22.1 Å². The molecule has 0 spiro atoms. The van der Waals surface area contributed by atoms with Gasteiger partial charge in [0.25, 0.3) is 0 Å². The molecule has 0 bridgehead atoms. The van der Waals surface area contributed by atoms with Gasteiger partial charge in [0.2, 0.25) is 10.0 Å². The summed E-state index contributed by atoms with van der Waals surface area (Å²) in [5, 5.41) is 0. The zero-order valence-corrected chi connectivity index (χ0v) is 13.5. The van der Waals surface area contributed by atoms with Crippen molar-refractivity contribution in [1.82, 2.24) is 4.31 Å². The summed E-state index contributed by atoms with van der Waals surface area (Å²) in [6.07, 6.45) is 3.03. The van der Waals surface area contributed by atoms with Crippen LogP contribution < -0.4 is 0 Å². The molecule has 4 nitrogen and oxygen atoms in total. The normalized spacial score (nSPS) is 18.3. The summed E-state index contributed by atoms with van der Waals surface area (Å²) in [7, 11) is -3.03. The average molecular weight is 315 g/mol. The second-order valence-corrected chi connectivity index (χ2v) is 8.14. The highest BCUT2D eigenvalue weighted by Crippen LogP contribution is 2.24. The Kier molecular flexibility index (Phi) is 5.49. The molecule has 1 saturated heterocycles. The number of hydrogen-bond donors (Lipinski definition) is 0. The van der Waals surface area contributed by atoms with E-state index in [9.17, 15) is 8.42 Å². The Balaban J connectivity index is 1.70. The Labute approximate surface area is 125 Å². The number of benzene rings is 1. The van der Waals surface area contributed by atoms with E-state index in [-0.39, 0.29) is 0 Å². The van der Waals surface area contributed by atoms with Crippen LogP contribution >= 0.6 is 12.0 Å². The van der Waals surface area contributed by atoms with E-state index in [1.807, 2.05) is 12.1 Å². The van der Waals surface area contributed by atoms with Crippen LogP contribution in [-0.4, -0.2) is 38.7 Å². The first-order chi connectivity index (χ1) is 9.45. The molecule has 0 N–H and O–H groups in total. The minimum atomic E-state index is -3.03. The van der Waals surface area contributed by atoms with Gasteiger partial charge in [0.15, 0.2) is 0 Å². The zero-order valence-electron chi connectivity index (χ0n) is 11.9. The van der Waals surface area contributed by atoms with Gasteiger partial charge in [-0.25, -0.2) is 12.7 Å². The van der Waals surface area contributed by atoms with Crippen LogP contribution in [0.15, 0.2) is 29.2 Å². The predicted molar refractivity (Wildman–Crippen MR) is 82.1 cm³/mol. The van der Waals surface area contributed by atoms with Crippen LogP contribution in [0.25, 0.3) is 0 Å². The maximum atomic E-state index is 11.4. The Morgan fingerprint density at radius 1 is 1.25 bits per heavy atom. The fourth-order valence-corrected chi connectivity index (χ4v) is 3.72. The molecule has 0 amide bonds. The van der Waals surface area contributed by atoms with Crippen LogP contribution in [0.2, 0.25) is 0 Å². The zero-order chi connectivity index (χ0) is 14.6. The second-order valence-electron chi connectivity index (χ2n) is 5.29. The summed E-state index contributed by atoms with van der Waals surface area (Å²) < 4.78 is 30.0. The highest BCUT2D eigenvalue weighted by atomic mass is 32.2. The molecule has 1 aliphatic rings. The van der Waals surface area contributed by atoms with Gasteiger partial charge in [-0.2, -0.15) is 0 Å². The lowest BCUT2D eigenvalue weighted by molar-refractivity contribution is 0.204. The molecular formula is C14H21NO3S2. The predicted octanol–water partition coefficient (Wildman–Crippen LogP) is 2.69. The molecule has 1 fully saturated rings. The van der Waals surface area contributed by atoms with E-state index < -0.39 is 10.0 Å². The minimum absolute atomic E-state index is 0.450. The molecule has 0 radical (unpaired) electrons. The average Bonchev–Trinajstić information content (AvgIpc) is 2.41. The van der Waals surface area contributed by atoms with Crippen molar-refractivity contribution in [2.24, 2.45) is 5.92 Å². The molecule has 0 unspecified atom stereocenters. The van der Waals surface area contributed by atoms with E-state index in [1.165, 1.54) is 23.9 Å². The van der Waals surface area contributed by atoms with E-state index in [2.05, 4.69) is 19.1 Å². The lowest BCUT2D eigenvalue weighted by Crippen LogP contribution is -2.38. The highest BCUT2D eigenvalue weighted by Gasteiger charge is 2.24. The number of sulfonamides is 1. The molecule has 6 heteroatoms. The van der Waals surface area contributed by atoms with Crippen molar-refractivity contribution in [2.45, 2.75) is 24.7 Å². The standard InChI is InChI=1S/C14H21NO3S2/c1-12-3-5-14(6-4-12)19-18-11-13-7-9-15(10-8-13)20(2,16)17/h3-6,13H,7-11H2,1-2H3. The van der Waals surface area contributed by atoms with Gasteiger partial charge in [0.05, 0.1) is 12.9 Å². The van der Waals surface area contributed by atoms with Gasteiger partial charge in [-0.15, -0.1) is 0 Å². The molecule has 2 rings (SSSR count). The van der Waals surface area contributed by atoms with Crippen molar-refractivity contribution in [3.05, 3.63) is 29.8 Å². The summed E-state index contributed by atoms with van der Waals surface area (Å²) >= 11 is 1.40. The molecule has 20 heavy (non-hydrogen) atoms. The van der Waals surface area contributed by atoms with Crippen LogP contribution in [0.5, 0.6) is 0 Å². The first kappa shape index (κ1) is 15.8. The second kappa shape index (κ2) is 6.93. The molecule has 0 aromatic heterocycles. The van der Waals surface area contributed by atoms with E-state index >= 15 is 0 Å². The summed E-state index contributed by atoms with van der Waals surface area (Å²) in [6.45, 7) is 3.96.